The monoisotopic (exact) mass is 395 g/mol. The lowest BCUT2D eigenvalue weighted by Crippen LogP contribution is -2.25. The molecule has 140 valence electrons. The molecule has 0 amide bonds. The van der Waals surface area contributed by atoms with Crippen LogP contribution < -0.4 is 5.56 Å². The molecule has 2 aromatic heterocycles. The molecule has 4 aromatic rings. The van der Waals surface area contributed by atoms with Crippen LogP contribution in [0.25, 0.3) is 27.4 Å². The van der Waals surface area contributed by atoms with E-state index < -0.39 is 11.8 Å². The number of aromatic amines is 1. The van der Waals surface area contributed by atoms with E-state index in [0.29, 0.717) is 38.1 Å². The van der Waals surface area contributed by atoms with Crippen molar-refractivity contribution in [2.45, 2.75) is 23.3 Å². The number of H-pyrrole nitrogens is 1. The van der Waals surface area contributed by atoms with Gasteiger partial charge in [-0.2, -0.15) is 9.78 Å². The zero-order valence-electron chi connectivity index (χ0n) is 14.8. The molecule has 0 fully saturated rings. The van der Waals surface area contributed by atoms with Gasteiger partial charge in [0, 0.05) is 10.3 Å². The normalized spacial score (nSPS) is 12.4. The lowest BCUT2D eigenvalue weighted by molar-refractivity contribution is -0.142. The lowest BCUT2D eigenvalue weighted by atomic mass is 10.1. The molecule has 1 N–H and O–H groups in total. The molecule has 8 heteroatoms. The van der Waals surface area contributed by atoms with Crippen LogP contribution in [0.4, 0.5) is 4.39 Å². The predicted octanol–water partition coefficient (Wildman–Crippen LogP) is 3.58. The number of rotatable bonds is 4. The number of carbonyl (C=O) groups excluding carboxylic acids is 1. The van der Waals surface area contributed by atoms with Crippen LogP contribution >= 0.6 is 11.8 Å². The summed E-state index contributed by atoms with van der Waals surface area (Å²) in [7, 11) is 0. The Morgan fingerprint density at radius 3 is 2.82 bits per heavy atom. The van der Waals surface area contributed by atoms with E-state index in [1.54, 1.807) is 37.3 Å². The SMILES string of the molecule is CCOC(=O)Cc1nn(-c2c3[nH]c4c(ccc(F)c24)S3)c(=O)c2ccccc12. The standard InChI is InChI=1S/C20H14FN3O3S/c1-2-27-15(25)9-13-10-5-3-4-6-11(10)20(26)24(23-13)18-16-12(21)7-8-14-17(16)22-19(18)28-14/h3-8,22H,2,9H2,1H3. The molecule has 6 nitrogen and oxygen atoms in total. The third kappa shape index (κ3) is 2.37. The molecule has 0 spiro atoms. The second-order valence-corrected chi connectivity index (χ2v) is 7.44. The molecule has 2 aromatic carbocycles. The van der Waals surface area contributed by atoms with Crippen molar-refractivity contribution < 1.29 is 13.9 Å². The fourth-order valence-electron chi connectivity index (χ4n) is 3.56. The van der Waals surface area contributed by atoms with Gasteiger partial charge in [-0.25, -0.2) is 4.39 Å². The smallest absolute Gasteiger partial charge is 0.311 e. The molecule has 0 radical (unpaired) electrons. The van der Waals surface area contributed by atoms with Gasteiger partial charge in [0.05, 0.1) is 35.0 Å². The van der Waals surface area contributed by atoms with Gasteiger partial charge in [0.1, 0.15) is 16.5 Å². The number of nitrogens with zero attached hydrogens (tertiary/aromatic N) is 2. The van der Waals surface area contributed by atoms with E-state index in [1.165, 1.54) is 22.5 Å². The van der Waals surface area contributed by atoms with Crippen molar-refractivity contribution >= 4 is 39.4 Å². The Hall–Kier alpha value is -3.13. The van der Waals surface area contributed by atoms with Crippen molar-refractivity contribution in [3.8, 4) is 5.69 Å². The number of ether oxygens (including phenoxy) is 1. The van der Waals surface area contributed by atoms with Crippen molar-refractivity contribution in [3.63, 3.8) is 0 Å². The van der Waals surface area contributed by atoms with Crippen LogP contribution in [-0.4, -0.2) is 27.3 Å². The molecule has 0 saturated heterocycles. The van der Waals surface area contributed by atoms with Crippen LogP contribution in [-0.2, 0) is 16.0 Å². The fourth-order valence-corrected chi connectivity index (χ4v) is 4.61. The van der Waals surface area contributed by atoms with Crippen LogP contribution in [0, 0.1) is 5.82 Å². The number of benzene rings is 2. The number of hydrogen-bond acceptors (Lipinski definition) is 5. The predicted molar refractivity (Wildman–Crippen MR) is 104 cm³/mol. The first-order valence-electron chi connectivity index (χ1n) is 8.77. The Balaban J connectivity index is 1.81. The van der Waals surface area contributed by atoms with E-state index in [4.69, 9.17) is 4.74 Å². The van der Waals surface area contributed by atoms with E-state index >= 15 is 0 Å². The van der Waals surface area contributed by atoms with Gasteiger partial charge < -0.3 is 9.72 Å². The summed E-state index contributed by atoms with van der Waals surface area (Å²) < 4.78 is 20.8. The summed E-state index contributed by atoms with van der Waals surface area (Å²) >= 11 is 1.43. The summed E-state index contributed by atoms with van der Waals surface area (Å²) in [4.78, 5) is 29.3. The van der Waals surface area contributed by atoms with Crippen LogP contribution in [0.2, 0.25) is 0 Å². The van der Waals surface area contributed by atoms with Crippen LogP contribution in [0.1, 0.15) is 12.6 Å². The molecule has 3 heterocycles. The lowest BCUT2D eigenvalue weighted by Gasteiger charge is -2.14. The van der Waals surface area contributed by atoms with Crippen molar-refractivity contribution in [3.05, 3.63) is 58.3 Å². The Morgan fingerprint density at radius 2 is 2.04 bits per heavy atom. The van der Waals surface area contributed by atoms with Gasteiger partial charge in [-0.1, -0.05) is 30.0 Å². The summed E-state index contributed by atoms with van der Waals surface area (Å²) in [6.45, 7) is 1.99. The number of halogens is 1. The van der Waals surface area contributed by atoms with Gasteiger partial charge in [-0.15, -0.1) is 0 Å². The largest absolute Gasteiger partial charge is 0.466 e. The van der Waals surface area contributed by atoms with Gasteiger partial charge >= 0.3 is 5.97 Å². The maximum atomic E-state index is 14.6. The minimum Gasteiger partial charge on any atom is -0.466 e. The second kappa shape index (κ2) is 6.20. The number of esters is 1. The number of nitrogens with one attached hydrogen (secondary N) is 1. The third-order valence-corrected chi connectivity index (χ3v) is 5.79. The van der Waals surface area contributed by atoms with Gasteiger partial charge in [0.15, 0.2) is 0 Å². The molecular formula is C20H14FN3O3S. The Bertz CT molecular complexity index is 1340. The Kier molecular flexibility index (Phi) is 3.77. The van der Waals surface area contributed by atoms with Crippen molar-refractivity contribution in [2.24, 2.45) is 0 Å². The first kappa shape index (κ1) is 17.0. The highest BCUT2D eigenvalue weighted by molar-refractivity contribution is 8.00. The quantitative estimate of drug-likeness (QED) is 0.471. The highest BCUT2D eigenvalue weighted by Crippen LogP contribution is 2.47. The molecule has 0 unspecified atom stereocenters. The van der Waals surface area contributed by atoms with E-state index in [0.717, 1.165) is 4.90 Å². The fraction of sp³-hybridized carbons (Fsp3) is 0.150. The maximum Gasteiger partial charge on any atom is 0.311 e. The molecule has 1 aliphatic rings. The van der Waals surface area contributed by atoms with Crippen molar-refractivity contribution in [1.29, 1.82) is 0 Å². The van der Waals surface area contributed by atoms with E-state index in [1.807, 2.05) is 0 Å². The summed E-state index contributed by atoms with van der Waals surface area (Å²) in [6, 6.07) is 10.1. The molecule has 0 saturated carbocycles. The first-order chi connectivity index (χ1) is 13.6. The number of fused-ring (bicyclic) bond motifs is 2. The number of aromatic nitrogens is 3. The Morgan fingerprint density at radius 1 is 1.25 bits per heavy atom. The van der Waals surface area contributed by atoms with Crippen LogP contribution in [0.5, 0.6) is 0 Å². The van der Waals surface area contributed by atoms with Crippen LogP contribution in [0.3, 0.4) is 0 Å². The highest BCUT2D eigenvalue weighted by atomic mass is 32.2. The molecule has 5 rings (SSSR count). The maximum absolute atomic E-state index is 14.6. The van der Waals surface area contributed by atoms with Gasteiger partial charge in [0.2, 0.25) is 0 Å². The molecule has 2 bridgehead atoms. The van der Waals surface area contributed by atoms with Gasteiger partial charge in [0.25, 0.3) is 5.56 Å². The van der Waals surface area contributed by atoms with E-state index in [9.17, 15) is 14.0 Å². The molecule has 0 atom stereocenters. The molecule has 0 aliphatic carbocycles. The molecular weight excluding hydrogens is 381 g/mol. The summed E-state index contributed by atoms with van der Waals surface area (Å²) in [5, 5.41) is 6.44. The average molecular weight is 395 g/mol. The van der Waals surface area contributed by atoms with E-state index in [-0.39, 0.29) is 18.6 Å². The minimum atomic E-state index is -0.431. The van der Waals surface area contributed by atoms with Gasteiger partial charge in [-0.3, -0.25) is 9.59 Å². The topological polar surface area (TPSA) is 77.0 Å². The summed E-state index contributed by atoms with van der Waals surface area (Å²) in [5.74, 6) is -0.857. The minimum absolute atomic E-state index is 0.0762. The zero-order chi connectivity index (χ0) is 19.4. The summed E-state index contributed by atoms with van der Waals surface area (Å²) in [5.41, 5.74) is 1.09. The second-order valence-electron chi connectivity index (χ2n) is 6.39. The first-order valence-corrected chi connectivity index (χ1v) is 9.59. The van der Waals surface area contributed by atoms with Gasteiger partial charge in [-0.05, 0) is 25.1 Å². The van der Waals surface area contributed by atoms with Crippen LogP contribution in [0.15, 0.2) is 51.1 Å². The Labute approximate surface area is 162 Å². The van der Waals surface area contributed by atoms with Crippen molar-refractivity contribution in [2.75, 3.05) is 6.61 Å². The molecule has 1 aliphatic heterocycles. The number of carbonyl (C=O) groups is 1. The third-order valence-electron chi connectivity index (χ3n) is 4.73. The van der Waals surface area contributed by atoms with Crippen molar-refractivity contribution in [1.82, 2.24) is 14.8 Å². The average Bonchev–Trinajstić information content (AvgIpc) is 3.27. The summed E-state index contributed by atoms with van der Waals surface area (Å²) in [6.07, 6.45) is -0.0762. The van der Waals surface area contributed by atoms with E-state index in [2.05, 4.69) is 10.1 Å². The number of hydrogen-bond donors (Lipinski definition) is 1. The highest BCUT2D eigenvalue weighted by Gasteiger charge is 2.28. The molecule has 28 heavy (non-hydrogen) atoms. The zero-order valence-corrected chi connectivity index (χ0v) is 15.6.